The topological polar surface area (TPSA) is 7.94 Å². The Hall–Kier alpha value is -2.28. The lowest BCUT2D eigenvalue weighted by Gasteiger charge is -2.31. The highest BCUT2D eigenvalue weighted by Crippen LogP contribution is 2.41. The maximum atomic E-state index is 14.6. The van der Waals surface area contributed by atoms with Crippen molar-refractivity contribution < 1.29 is 21.9 Å². The van der Waals surface area contributed by atoms with Crippen molar-refractivity contribution in [2.75, 3.05) is 0 Å². The van der Waals surface area contributed by atoms with E-state index in [1.54, 1.807) is 0 Å². The summed E-state index contributed by atoms with van der Waals surface area (Å²) in [6.45, 7) is -4.07. The summed E-state index contributed by atoms with van der Waals surface area (Å²) in [7, 11) is 0. The summed E-state index contributed by atoms with van der Waals surface area (Å²) in [6.07, 6.45) is 5.37. The van der Waals surface area contributed by atoms with Gasteiger partial charge < -0.3 is 17.6 Å². The van der Waals surface area contributed by atoms with Crippen LogP contribution in [0.15, 0.2) is 48.3 Å². The molecule has 0 saturated carbocycles. The molecule has 4 rings (SSSR count). The normalized spacial score (nSPS) is 18.0. The number of allylic oxidation sites excluding steroid dienone is 2. The van der Waals surface area contributed by atoms with Gasteiger partial charge in [0.15, 0.2) is 5.70 Å². The van der Waals surface area contributed by atoms with Gasteiger partial charge in [-0.15, -0.1) is 0 Å². The van der Waals surface area contributed by atoms with Crippen molar-refractivity contribution in [3.63, 3.8) is 0 Å². The van der Waals surface area contributed by atoms with E-state index in [1.165, 1.54) is 36.7 Å². The van der Waals surface area contributed by atoms with Gasteiger partial charge in [-0.3, -0.25) is 0 Å². The minimum atomic E-state index is -4.07. The number of rotatable bonds is 1. The lowest BCUT2D eigenvalue weighted by Crippen LogP contribution is -2.49. The van der Waals surface area contributed by atoms with Gasteiger partial charge in [0.1, 0.15) is 17.8 Å². The predicted molar refractivity (Wildman–Crippen MR) is 80.7 cm³/mol. The first kappa shape index (κ1) is 14.3. The van der Waals surface area contributed by atoms with Crippen LogP contribution in [-0.4, -0.2) is 22.1 Å². The molecule has 0 fully saturated rings. The first-order valence-electron chi connectivity index (χ1n) is 6.80. The maximum Gasteiger partial charge on any atom is 0.737 e. The summed E-state index contributed by atoms with van der Waals surface area (Å²) in [5, 5.41) is -0.171. The lowest BCUT2D eigenvalue weighted by molar-refractivity contribution is -0.356. The molecule has 0 N–H and O–H groups in total. The quantitative estimate of drug-likeness (QED) is 0.547. The average molecular weight is 339 g/mol. The highest BCUT2D eigenvalue weighted by molar-refractivity contribution is 6.57. The molecule has 116 valence electrons. The van der Waals surface area contributed by atoms with Crippen LogP contribution in [0.3, 0.4) is 0 Å². The second kappa shape index (κ2) is 4.61. The minimum Gasteiger partial charge on any atom is -0.396 e. The van der Waals surface area contributed by atoms with Gasteiger partial charge in [-0.2, -0.15) is 0 Å². The Labute approximate surface area is 133 Å². The van der Waals surface area contributed by atoms with Crippen molar-refractivity contribution in [3.8, 4) is 0 Å². The molecule has 8 heteroatoms. The van der Waals surface area contributed by atoms with E-state index in [-0.39, 0.29) is 27.6 Å². The first-order valence-corrected chi connectivity index (χ1v) is 7.18. The van der Waals surface area contributed by atoms with Crippen molar-refractivity contribution >= 4 is 30.4 Å². The number of halogens is 5. The summed E-state index contributed by atoms with van der Waals surface area (Å²) < 4.78 is 58.4. The maximum absolute atomic E-state index is 14.6. The third kappa shape index (κ3) is 1.86. The van der Waals surface area contributed by atoms with Crippen molar-refractivity contribution in [1.29, 1.82) is 0 Å². The smallest absolute Gasteiger partial charge is 0.396 e. The molecule has 2 aliphatic rings. The zero-order valence-electron chi connectivity index (χ0n) is 11.5. The Balaban J connectivity index is 2.10. The largest absolute Gasteiger partial charge is 0.737 e. The van der Waals surface area contributed by atoms with E-state index in [4.69, 9.17) is 11.6 Å². The molecule has 0 saturated heterocycles. The Morgan fingerprint density at radius 2 is 1.96 bits per heavy atom. The molecule has 3 heterocycles. The van der Waals surface area contributed by atoms with Crippen LogP contribution >= 0.6 is 11.6 Å². The van der Waals surface area contributed by atoms with Crippen LogP contribution in [0.25, 0.3) is 5.57 Å². The molecule has 23 heavy (non-hydrogen) atoms. The molecule has 1 aromatic heterocycles. The molecule has 0 unspecified atom stereocenters. The highest BCUT2D eigenvalue weighted by Gasteiger charge is 2.51. The molecule has 0 bridgehead atoms. The van der Waals surface area contributed by atoms with Crippen LogP contribution in [0.5, 0.6) is 0 Å². The fourth-order valence-electron chi connectivity index (χ4n) is 3.06. The Morgan fingerprint density at radius 3 is 2.70 bits per heavy atom. The number of aromatic nitrogens is 1. The molecule has 0 aliphatic carbocycles. The van der Waals surface area contributed by atoms with E-state index >= 15 is 0 Å². The summed E-state index contributed by atoms with van der Waals surface area (Å²) in [5.74, 6) is -1.73. The Bertz CT molecular complexity index is 920. The summed E-state index contributed by atoms with van der Waals surface area (Å²) in [4.78, 5) is 0. The minimum absolute atomic E-state index is 0.0979. The number of fused-ring (bicyclic) bond motifs is 2. The van der Waals surface area contributed by atoms with Gasteiger partial charge in [0, 0.05) is 29.5 Å². The molecule has 2 nitrogen and oxygen atoms in total. The van der Waals surface area contributed by atoms with E-state index in [9.17, 15) is 17.4 Å². The second-order valence-corrected chi connectivity index (χ2v) is 5.72. The molecule has 2 aromatic rings. The number of hydrogen-bond acceptors (Lipinski definition) is 0. The van der Waals surface area contributed by atoms with Crippen LogP contribution in [0.1, 0.15) is 11.3 Å². The third-order valence-electron chi connectivity index (χ3n) is 4.00. The predicted octanol–water partition coefficient (Wildman–Crippen LogP) is 4.07. The van der Waals surface area contributed by atoms with Crippen LogP contribution in [0.4, 0.5) is 17.4 Å². The van der Waals surface area contributed by atoms with Gasteiger partial charge in [0.25, 0.3) is 0 Å². The van der Waals surface area contributed by atoms with Crippen molar-refractivity contribution in [2.24, 2.45) is 0 Å². The molecule has 0 radical (unpaired) electrons. The van der Waals surface area contributed by atoms with Crippen LogP contribution in [-0.2, 0) is 0 Å². The Kier molecular flexibility index (Phi) is 2.87. The van der Waals surface area contributed by atoms with Crippen molar-refractivity contribution in [2.45, 2.75) is 0 Å². The van der Waals surface area contributed by atoms with Crippen LogP contribution < -0.4 is 0 Å². The molecule has 0 spiro atoms. The second-order valence-electron chi connectivity index (χ2n) is 5.31. The molecule has 2 aliphatic heterocycles. The third-order valence-corrected chi connectivity index (χ3v) is 4.29. The summed E-state index contributed by atoms with van der Waals surface area (Å²) >= 11 is 6.00. The lowest BCUT2D eigenvalue weighted by atomic mass is 9.86. The number of nitrogens with zero attached hydrogens (tertiary/aromatic N) is 2. The van der Waals surface area contributed by atoms with Gasteiger partial charge in [-0.25, -0.2) is 8.78 Å². The van der Waals surface area contributed by atoms with Gasteiger partial charge in [0.05, 0.1) is 10.6 Å². The van der Waals surface area contributed by atoms with Gasteiger partial charge in [-0.1, -0.05) is 11.6 Å². The molecule has 1 aromatic carbocycles. The zero-order chi connectivity index (χ0) is 16.4. The van der Waals surface area contributed by atoms with E-state index in [1.807, 2.05) is 0 Å². The summed E-state index contributed by atoms with van der Waals surface area (Å²) in [6, 6.07) is 4.56. The zero-order valence-corrected chi connectivity index (χ0v) is 12.2. The van der Waals surface area contributed by atoms with E-state index in [0.29, 0.717) is 6.07 Å². The summed E-state index contributed by atoms with van der Waals surface area (Å²) in [5.41, 5.74) is 0.372. The molecular formula is C15H8BClF4N2. The Morgan fingerprint density at radius 1 is 1.17 bits per heavy atom. The van der Waals surface area contributed by atoms with Gasteiger partial charge >= 0.3 is 6.97 Å². The molecular weight excluding hydrogens is 330 g/mol. The SMILES string of the molecule is Fc1cc(F)c(C2=C3C=CC=[N+]3[B-](F)(F)n3cccc32)c(Cl)c1. The molecule has 0 amide bonds. The van der Waals surface area contributed by atoms with Crippen LogP contribution in [0.2, 0.25) is 5.02 Å². The standard InChI is InChI=1S/C15H8BClF4N2/c17-10-7-9(18)8-11(19)14(10)15-12-3-1-5-22(12)16(20,21)23-6-2-4-13(15)23/h1-8H. The number of benzene rings is 1. The average Bonchev–Trinajstić information content (AvgIpc) is 3.11. The van der Waals surface area contributed by atoms with Crippen LogP contribution in [0, 0.1) is 11.6 Å². The highest BCUT2D eigenvalue weighted by atomic mass is 35.5. The molecule has 0 atom stereocenters. The van der Waals surface area contributed by atoms with Crippen molar-refractivity contribution in [1.82, 2.24) is 4.48 Å². The van der Waals surface area contributed by atoms with Gasteiger partial charge in [-0.05, 0) is 24.4 Å². The monoisotopic (exact) mass is 338 g/mol. The van der Waals surface area contributed by atoms with Crippen molar-refractivity contribution in [3.05, 3.63) is 76.2 Å². The van der Waals surface area contributed by atoms with E-state index in [2.05, 4.69) is 0 Å². The van der Waals surface area contributed by atoms with Gasteiger partial charge in [0.2, 0.25) is 0 Å². The van der Waals surface area contributed by atoms with E-state index in [0.717, 1.165) is 15.0 Å². The fraction of sp³-hybridized carbons (Fsp3) is 0. The van der Waals surface area contributed by atoms with E-state index < -0.39 is 18.6 Å². The fourth-order valence-corrected chi connectivity index (χ4v) is 3.34. The first-order chi connectivity index (χ1) is 10.9. The number of hydrogen-bond donors (Lipinski definition) is 0.